The highest BCUT2D eigenvalue weighted by atomic mass is 16.5. The topological polar surface area (TPSA) is 58.6 Å². The average molecular weight is 473 g/mol. The smallest absolute Gasteiger partial charge is 0.242 e. The highest BCUT2D eigenvalue weighted by molar-refractivity contribution is 5.88. The Morgan fingerprint density at radius 2 is 1.40 bits per heavy atom. The van der Waals surface area contributed by atoms with Gasteiger partial charge in [0.15, 0.2) is 0 Å². The summed E-state index contributed by atoms with van der Waals surface area (Å²) in [6.07, 6.45) is 1.10. The molecule has 35 heavy (non-hydrogen) atoms. The van der Waals surface area contributed by atoms with Gasteiger partial charge in [-0.2, -0.15) is 0 Å². The molecule has 5 heteroatoms. The molecule has 0 fully saturated rings. The van der Waals surface area contributed by atoms with Gasteiger partial charge in [0.05, 0.1) is 7.11 Å². The summed E-state index contributed by atoms with van der Waals surface area (Å²) in [4.78, 5) is 28.6. The first-order valence-electron chi connectivity index (χ1n) is 12.3. The Bertz CT molecular complexity index is 1030. The summed E-state index contributed by atoms with van der Waals surface area (Å²) in [6, 6.07) is 27.2. The van der Waals surface area contributed by atoms with Crippen LogP contribution in [0.4, 0.5) is 0 Å². The van der Waals surface area contributed by atoms with Crippen LogP contribution < -0.4 is 10.1 Å². The van der Waals surface area contributed by atoms with Crippen molar-refractivity contribution in [2.24, 2.45) is 0 Å². The van der Waals surface area contributed by atoms with Crippen LogP contribution in [0.1, 0.15) is 56.2 Å². The van der Waals surface area contributed by atoms with Crippen molar-refractivity contribution in [3.05, 3.63) is 102 Å². The minimum atomic E-state index is -0.606. The average Bonchev–Trinajstić information content (AvgIpc) is 2.91. The molecule has 184 valence electrons. The van der Waals surface area contributed by atoms with Crippen LogP contribution in [0.3, 0.4) is 0 Å². The lowest BCUT2D eigenvalue weighted by atomic mass is 9.88. The highest BCUT2D eigenvalue weighted by Gasteiger charge is 2.29. The molecule has 0 unspecified atom stereocenters. The molecule has 2 amide bonds. The number of benzene rings is 3. The molecule has 2 atom stereocenters. The van der Waals surface area contributed by atoms with E-state index in [0.29, 0.717) is 6.54 Å². The number of ether oxygens (including phenoxy) is 1. The minimum absolute atomic E-state index is 0.0456. The van der Waals surface area contributed by atoms with Gasteiger partial charge < -0.3 is 15.0 Å². The van der Waals surface area contributed by atoms with Gasteiger partial charge in [0, 0.05) is 24.9 Å². The molecule has 0 bridgehead atoms. The molecule has 0 saturated heterocycles. The fourth-order valence-electron chi connectivity index (χ4n) is 4.07. The second-order valence-corrected chi connectivity index (χ2v) is 8.94. The van der Waals surface area contributed by atoms with E-state index in [-0.39, 0.29) is 30.2 Å². The normalized spacial score (nSPS) is 12.6. The van der Waals surface area contributed by atoms with Crippen LogP contribution >= 0.6 is 0 Å². The quantitative estimate of drug-likeness (QED) is 0.398. The maximum absolute atomic E-state index is 13.9. The van der Waals surface area contributed by atoms with Crippen LogP contribution in [0.5, 0.6) is 5.75 Å². The number of hydrogen-bond donors (Lipinski definition) is 1. The summed E-state index contributed by atoms with van der Waals surface area (Å²) in [5.41, 5.74) is 3.10. The number of methoxy groups -OCH3 is 1. The Kier molecular flexibility index (Phi) is 9.47. The molecule has 0 radical (unpaired) electrons. The standard InChI is InChI=1S/C30H36N2O3/c1-5-22(2)31-30(34)23(3)32(21-24-16-18-27(35-4)19-17-24)29(33)20-28(25-12-8-6-9-13-25)26-14-10-7-11-15-26/h6-19,22-23,28H,5,20-21H2,1-4H3,(H,31,34)/t22-,23+/m1/s1. The summed E-state index contributed by atoms with van der Waals surface area (Å²) < 4.78 is 5.27. The monoisotopic (exact) mass is 472 g/mol. The van der Waals surface area contributed by atoms with Gasteiger partial charge in [-0.05, 0) is 49.1 Å². The Hall–Kier alpha value is -3.60. The zero-order chi connectivity index (χ0) is 25.2. The van der Waals surface area contributed by atoms with Gasteiger partial charge in [-0.25, -0.2) is 0 Å². The number of hydrogen-bond acceptors (Lipinski definition) is 3. The Balaban J connectivity index is 1.90. The molecule has 0 aliphatic carbocycles. The number of amides is 2. The molecule has 0 heterocycles. The first-order chi connectivity index (χ1) is 16.9. The molecule has 0 spiro atoms. The van der Waals surface area contributed by atoms with Crippen molar-refractivity contribution in [3.8, 4) is 5.75 Å². The van der Waals surface area contributed by atoms with Crippen molar-refractivity contribution in [1.82, 2.24) is 10.2 Å². The number of nitrogens with one attached hydrogen (secondary N) is 1. The van der Waals surface area contributed by atoms with Crippen LogP contribution in [0, 0.1) is 0 Å². The first-order valence-corrected chi connectivity index (χ1v) is 12.3. The summed E-state index contributed by atoms with van der Waals surface area (Å²) >= 11 is 0. The Morgan fingerprint density at radius 1 is 0.857 bits per heavy atom. The molecule has 3 aromatic carbocycles. The van der Waals surface area contributed by atoms with Crippen LogP contribution in [0.2, 0.25) is 0 Å². The van der Waals surface area contributed by atoms with Gasteiger partial charge in [-0.1, -0.05) is 79.7 Å². The lowest BCUT2D eigenvalue weighted by Gasteiger charge is -2.31. The van der Waals surface area contributed by atoms with Crippen molar-refractivity contribution < 1.29 is 14.3 Å². The SMILES string of the molecule is CC[C@@H](C)NC(=O)[C@H](C)N(Cc1ccc(OC)cc1)C(=O)CC(c1ccccc1)c1ccccc1. The maximum Gasteiger partial charge on any atom is 0.242 e. The maximum atomic E-state index is 13.9. The van der Waals surface area contributed by atoms with E-state index >= 15 is 0 Å². The lowest BCUT2D eigenvalue weighted by Crippen LogP contribution is -2.49. The molecule has 3 rings (SSSR count). The third-order valence-electron chi connectivity index (χ3n) is 6.46. The van der Waals surface area contributed by atoms with Crippen molar-refractivity contribution >= 4 is 11.8 Å². The van der Waals surface area contributed by atoms with E-state index in [0.717, 1.165) is 28.9 Å². The van der Waals surface area contributed by atoms with E-state index in [9.17, 15) is 9.59 Å². The van der Waals surface area contributed by atoms with E-state index < -0.39 is 6.04 Å². The van der Waals surface area contributed by atoms with Gasteiger partial charge in [0.1, 0.15) is 11.8 Å². The van der Waals surface area contributed by atoms with Gasteiger partial charge in [0.25, 0.3) is 0 Å². The Labute approximate surface area is 209 Å². The van der Waals surface area contributed by atoms with E-state index in [2.05, 4.69) is 29.6 Å². The molecule has 5 nitrogen and oxygen atoms in total. The predicted molar refractivity (Wildman–Crippen MR) is 140 cm³/mol. The van der Waals surface area contributed by atoms with Crippen molar-refractivity contribution in [3.63, 3.8) is 0 Å². The van der Waals surface area contributed by atoms with E-state index in [1.165, 1.54) is 0 Å². The largest absolute Gasteiger partial charge is 0.497 e. The lowest BCUT2D eigenvalue weighted by molar-refractivity contribution is -0.141. The van der Waals surface area contributed by atoms with Gasteiger partial charge >= 0.3 is 0 Å². The summed E-state index contributed by atoms with van der Waals surface area (Å²) in [7, 11) is 1.62. The third kappa shape index (κ3) is 7.19. The van der Waals surface area contributed by atoms with Crippen molar-refractivity contribution in [2.75, 3.05) is 7.11 Å². The summed E-state index contributed by atoms with van der Waals surface area (Å²) in [6.45, 7) is 6.15. The van der Waals surface area contributed by atoms with Crippen LogP contribution in [0.15, 0.2) is 84.9 Å². The molecule has 1 N–H and O–H groups in total. The first kappa shape index (κ1) is 26.0. The second kappa shape index (κ2) is 12.7. The zero-order valence-electron chi connectivity index (χ0n) is 21.1. The number of carbonyl (C=O) groups excluding carboxylic acids is 2. The van der Waals surface area contributed by atoms with Crippen LogP contribution in [-0.4, -0.2) is 35.9 Å². The van der Waals surface area contributed by atoms with Gasteiger partial charge in [-0.15, -0.1) is 0 Å². The van der Waals surface area contributed by atoms with E-state index in [4.69, 9.17) is 4.74 Å². The number of carbonyl (C=O) groups is 2. The van der Waals surface area contributed by atoms with Crippen LogP contribution in [0.25, 0.3) is 0 Å². The molecule has 3 aromatic rings. The van der Waals surface area contributed by atoms with Gasteiger partial charge in [0.2, 0.25) is 11.8 Å². The zero-order valence-corrected chi connectivity index (χ0v) is 21.1. The van der Waals surface area contributed by atoms with Gasteiger partial charge in [-0.3, -0.25) is 9.59 Å². The fourth-order valence-corrected chi connectivity index (χ4v) is 4.07. The molecule has 0 saturated carbocycles. The minimum Gasteiger partial charge on any atom is -0.497 e. The molecule has 0 aliphatic heterocycles. The summed E-state index contributed by atoms with van der Waals surface area (Å²) in [5.74, 6) is 0.443. The second-order valence-electron chi connectivity index (χ2n) is 8.94. The third-order valence-corrected chi connectivity index (χ3v) is 6.46. The van der Waals surface area contributed by atoms with Crippen molar-refractivity contribution in [2.45, 2.75) is 58.2 Å². The van der Waals surface area contributed by atoms with E-state index in [1.54, 1.807) is 18.9 Å². The fraction of sp³-hybridized carbons (Fsp3) is 0.333. The number of rotatable bonds is 11. The van der Waals surface area contributed by atoms with Crippen LogP contribution in [-0.2, 0) is 16.1 Å². The highest BCUT2D eigenvalue weighted by Crippen LogP contribution is 2.29. The molecular formula is C30H36N2O3. The predicted octanol–water partition coefficient (Wildman–Crippen LogP) is 5.55. The Morgan fingerprint density at radius 3 is 1.89 bits per heavy atom. The molecular weight excluding hydrogens is 436 g/mol. The molecule has 0 aliphatic rings. The van der Waals surface area contributed by atoms with Crippen molar-refractivity contribution in [1.29, 1.82) is 0 Å². The van der Waals surface area contributed by atoms with E-state index in [1.807, 2.05) is 74.5 Å². The molecule has 0 aromatic heterocycles. The summed E-state index contributed by atoms with van der Waals surface area (Å²) in [5, 5.41) is 3.03. The number of nitrogens with zero attached hydrogens (tertiary/aromatic N) is 1.